The van der Waals surface area contributed by atoms with E-state index < -0.39 is 0 Å². The van der Waals surface area contributed by atoms with Crippen molar-refractivity contribution in [1.82, 2.24) is 0 Å². The van der Waals surface area contributed by atoms with Crippen LogP contribution in [-0.4, -0.2) is 0 Å². The molecular weight excluding hydrogens is 329 g/mol. The second-order valence-electron chi connectivity index (χ2n) is 5.15. The second-order valence-corrected chi connectivity index (χ2v) is 6.07. The molecule has 0 bridgehead atoms. The summed E-state index contributed by atoms with van der Waals surface area (Å²) < 4.78 is 14.7. The molecule has 0 aliphatic rings. The van der Waals surface area contributed by atoms with E-state index in [-0.39, 0.29) is 11.9 Å². The Kier molecular flexibility index (Phi) is 4.04. The number of nitrogens with two attached hydrogens (primary N) is 1. The molecule has 3 aromatic carbocycles. The third kappa shape index (κ3) is 3.14. The van der Waals surface area contributed by atoms with Gasteiger partial charge >= 0.3 is 0 Å². The van der Waals surface area contributed by atoms with E-state index in [9.17, 15) is 4.39 Å². The lowest BCUT2D eigenvalue weighted by Crippen LogP contribution is -2.14. The summed E-state index contributed by atoms with van der Waals surface area (Å²) in [6, 6.07) is 19.0. The number of fused-ring (bicyclic) bond motifs is 1. The summed E-state index contributed by atoms with van der Waals surface area (Å²) >= 11 is 3.37. The highest BCUT2D eigenvalue weighted by atomic mass is 79.9. The number of hydrogen-bond donors (Lipinski definition) is 1. The van der Waals surface area contributed by atoms with E-state index in [0.29, 0.717) is 12.0 Å². The topological polar surface area (TPSA) is 26.0 Å². The Hall–Kier alpha value is -1.71. The van der Waals surface area contributed by atoms with Crippen LogP contribution in [0.5, 0.6) is 0 Å². The molecule has 1 unspecified atom stereocenters. The molecule has 0 radical (unpaired) electrons. The van der Waals surface area contributed by atoms with Gasteiger partial charge in [0, 0.05) is 10.5 Å². The molecule has 3 heteroatoms. The minimum atomic E-state index is -0.224. The lowest BCUT2D eigenvalue weighted by atomic mass is 9.97. The first-order chi connectivity index (χ1) is 10.1. The van der Waals surface area contributed by atoms with Crippen molar-refractivity contribution in [2.45, 2.75) is 12.5 Å². The second kappa shape index (κ2) is 5.96. The SMILES string of the molecule is NC(Cc1cc(Br)ccc1F)c1ccc2ccccc2c1. The molecular formula is C18H15BrFN. The molecule has 1 nitrogen and oxygen atoms in total. The summed E-state index contributed by atoms with van der Waals surface area (Å²) in [4.78, 5) is 0. The van der Waals surface area contributed by atoms with Crippen LogP contribution in [0.15, 0.2) is 65.1 Å². The van der Waals surface area contributed by atoms with Crippen LogP contribution >= 0.6 is 15.9 Å². The van der Waals surface area contributed by atoms with Crippen LogP contribution < -0.4 is 5.73 Å². The summed E-state index contributed by atoms with van der Waals surface area (Å²) in [6.07, 6.45) is 0.476. The standard InChI is InChI=1S/C18H15BrFN/c19-16-7-8-17(20)15(10-16)11-18(21)14-6-5-12-3-1-2-4-13(12)9-14/h1-10,18H,11,21H2. The fourth-order valence-corrected chi connectivity index (χ4v) is 2.90. The van der Waals surface area contributed by atoms with E-state index in [1.165, 1.54) is 11.5 Å². The van der Waals surface area contributed by atoms with Gasteiger partial charge in [-0.1, -0.05) is 52.3 Å². The first-order valence-corrected chi connectivity index (χ1v) is 7.61. The van der Waals surface area contributed by atoms with Gasteiger partial charge in [0.05, 0.1) is 0 Å². The summed E-state index contributed by atoms with van der Waals surface area (Å²) in [5, 5.41) is 2.34. The van der Waals surface area contributed by atoms with E-state index in [0.717, 1.165) is 15.4 Å². The zero-order valence-corrected chi connectivity index (χ0v) is 13.0. The average molecular weight is 344 g/mol. The molecule has 0 aliphatic carbocycles. The van der Waals surface area contributed by atoms with Gasteiger partial charge in [-0.2, -0.15) is 0 Å². The van der Waals surface area contributed by atoms with Crippen LogP contribution in [0.1, 0.15) is 17.2 Å². The summed E-state index contributed by atoms with van der Waals surface area (Å²) in [5.41, 5.74) is 7.91. The number of hydrogen-bond acceptors (Lipinski definition) is 1. The molecule has 0 aromatic heterocycles. The highest BCUT2D eigenvalue weighted by molar-refractivity contribution is 9.10. The fraction of sp³-hybridized carbons (Fsp3) is 0.111. The van der Waals surface area contributed by atoms with Gasteiger partial charge in [-0.25, -0.2) is 4.39 Å². The van der Waals surface area contributed by atoms with Crippen molar-refractivity contribution in [1.29, 1.82) is 0 Å². The molecule has 0 fully saturated rings. The van der Waals surface area contributed by atoms with Gasteiger partial charge < -0.3 is 5.73 Å². The normalized spacial score (nSPS) is 12.5. The van der Waals surface area contributed by atoms with E-state index in [1.807, 2.05) is 18.2 Å². The molecule has 2 N–H and O–H groups in total. The lowest BCUT2D eigenvalue weighted by molar-refractivity contribution is 0.593. The molecule has 3 aromatic rings. The number of halogens is 2. The van der Waals surface area contributed by atoms with Crippen LogP contribution in [-0.2, 0) is 6.42 Å². The van der Waals surface area contributed by atoms with Gasteiger partial charge in [-0.15, -0.1) is 0 Å². The van der Waals surface area contributed by atoms with Crippen molar-refractivity contribution in [3.8, 4) is 0 Å². The molecule has 0 saturated carbocycles. The van der Waals surface area contributed by atoms with Gasteiger partial charge in [-0.3, -0.25) is 0 Å². The van der Waals surface area contributed by atoms with Crippen LogP contribution in [0.3, 0.4) is 0 Å². The molecule has 3 rings (SSSR count). The van der Waals surface area contributed by atoms with Crippen LogP contribution in [0.4, 0.5) is 4.39 Å². The first-order valence-electron chi connectivity index (χ1n) is 6.82. The Bertz CT molecular complexity index is 785. The number of benzene rings is 3. The predicted molar refractivity (Wildman–Crippen MR) is 88.7 cm³/mol. The largest absolute Gasteiger partial charge is 0.324 e. The Morgan fingerprint density at radius 1 is 0.952 bits per heavy atom. The van der Waals surface area contributed by atoms with Crippen molar-refractivity contribution in [3.63, 3.8) is 0 Å². The van der Waals surface area contributed by atoms with E-state index >= 15 is 0 Å². The minimum absolute atomic E-state index is 0.213. The quantitative estimate of drug-likeness (QED) is 0.712. The molecule has 0 aliphatic heterocycles. The van der Waals surface area contributed by atoms with Crippen molar-refractivity contribution < 1.29 is 4.39 Å². The van der Waals surface area contributed by atoms with Crippen LogP contribution in [0, 0.1) is 5.82 Å². The van der Waals surface area contributed by atoms with Gasteiger partial charge in [0.1, 0.15) is 5.82 Å². The highest BCUT2D eigenvalue weighted by Gasteiger charge is 2.11. The van der Waals surface area contributed by atoms with Crippen LogP contribution in [0.25, 0.3) is 10.8 Å². The third-order valence-electron chi connectivity index (χ3n) is 3.65. The predicted octanol–water partition coefficient (Wildman–Crippen LogP) is 4.98. The Balaban J connectivity index is 1.89. The van der Waals surface area contributed by atoms with Crippen molar-refractivity contribution in [3.05, 3.63) is 82.1 Å². The Morgan fingerprint density at radius 3 is 2.52 bits per heavy atom. The number of rotatable bonds is 3. The van der Waals surface area contributed by atoms with Crippen molar-refractivity contribution in [2.24, 2.45) is 5.73 Å². The zero-order valence-electron chi connectivity index (χ0n) is 11.4. The molecule has 0 amide bonds. The molecule has 0 spiro atoms. The fourth-order valence-electron chi connectivity index (χ4n) is 2.49. The first kappa shape index (κ1) is 14.2. The lowest BCUT2D eigenvalue weighted by Gasteiger charge is -2.14. The van der Waals surface area contributed by atoms with Crippen molar-refractivity contribution >= 4 is 26.7 Å². The van der Waals surface area contributed by atoms with Gasteiger partial charge in [0.25, 0.3) is 0 Å². The average Bonchev–Trinajstić information content (AvgIpc) is 2.50. The van der Waals surface area contributed by atoms with E-state index in [1.54, 1.807) is 12.1 Å². The Labute approximate surface area is 131 Å². The van der Waals surface area contributed by atoms with Crippen molar-refractivity contribution in [2.75, 3.05) is 0 Å². The molecule has 106 valence electrons. The summed E-state index contributed by atoms with van der Waals surface area (Å²) in [6.45, 7) is 0. The highest BCUT2D eigenvalue weighted by Crippen LogP contribution is 2.24. The zero-order chi connectivity index (χ0) is 14.8. The summed E-state index contributed by atoms with van der Waals surface area (Å²) in [5.74, 6) is -0.213. The van der Waals surface area contributed by atoms with Gasteiger partial charge in [-0.05, 0) is 52.6 Å². The maximum Gasteiger partial charge on any atom is 0.126 e. The molecule has 0 heterocycles. The van der Waals surface area contributed by atoms with Gasteiger partial charge in [0.15, 0.2) is 0 Å². The van der Waals surface area contributed by atoms with E-state index in [4.69, 9.17) is 5.73 Å². The molecule has 1 atom stereocenters. The van der Waals surface area contributed by atoms with Crippen LogP contribution in [0.2, 0.25) is 0 Å². The molecule has 21 heavy (non-hydrogen) atoms. The monoisotopic (exact) mass is 343 g/mol. The maximum atomic E-state index is 13.8. The molecule has 0 saturated heterocycles. The van der Waals surface area contributed by atoms with Gasteiger partial charge in [0.2, 0.25) is 0 Å². The minimum Gasteiger partial charge on any atom is -0.324 e. The summed E-state index contributed by atoms with van der Waals surface area (Å²) in [7, 11) is 0. The Morgan fingerprint density at radius 2 is 1.71 bits per heavy atom. The van der Waals surface area contributed by atoms with E-state index in [2.05, 4.69) is 40.2 Å². The third-order valence-corrected chi connectivity index (χ3v) is 4.14. The smallest absolute Gasteiger partial charge is 0.126 e. The maximum absolute atomic E-state index is 13.8.